The van der Waals surface area contributed by atoms with E-state index >= 15 is 0 Å². The van der Waals surface area contributed by atoms with E-state index in [2.05, 4.69) is 10.6 Å². The van der Waals surface area contributed by atoms with Crippen LogP contribution < -0.4 is 20.1 Å². The second-order valence-electron chi connectivity index (χ2n) is 5.83. The molecule has 1 fully saturated rings. The number of carbonyl (C=O) groups is 1. The van der Waals surface area contributed by atoms with Gasteiger partial charge in [-0.1, -0.05) is 13.0 Å². The molecule has 1 saturated heterocycles. The summed E-state index contributed by atoms with van der Waals surface area (Å²) in [5, 5.41) is 6.46. The molecule has 5 nitrogen and oxygen atoms in total. The summed E-state index contributed by atoms with van der Waals surface area (Å²) in [5.74, 6) is 1.47. The van der Waals surface area contributed by atoms with Gasteiger partial charge in [-0.25, -0.2) is 0 Å². The van der Waals surface area contributed by atoms with Gasteiger partial charge in [-0.2, -0.15) is 0 Å². The number of ether oxygens (including phenoxy) is 2. The SMILES string of the molecule is COc1ccc(CC(C)C(=O)NC2CCNCC2)cc1OC. The number of hydrogen-bond acceptors (Lipinski definition) is 4. The van der Waals surface area contributed by atoms with Crippen LogP contribution >= 0.6 is 0 Å². The molecule has 1 aliphatic heterocycles. The second kappa shape index (κ2) is 8.03. The minimum absolute atomic E-state index is 0.0620. The fraction of sp³-hybridized carbons (Fsp3) is 0.588. The summed E-state index contributed by atoms with van der Waals surface area (Å²) in [6.45, 7) is 3.93. The molecule has 0 saturated carbocycles. The maximum atomic E-state index is 12.3. The lowest BCUT2D eigenvalue weighted by Gasteiger charge is -2.25. The molecular weight excluding hydrogens is 280 g/mol. The van der Waals surface area contributed by atoms with Gasteiger partial charge in [0, 0.05) is 12.0 Å². The molecule has 1 aromatic rings. The zero-order chi connectivity index (χ0) is 15.9. The van der Waals surface area contributed by atoms with Gasteiger partial charge < -0.3 is 20.1 Å². The Labute approximate surface area is 132 Å². The number of nitrogens with one attached hydrogen (secondary N) is 2. The summed E-state index contributed by atoms with van der Waals surface area (Å²) < 4.78 is 10.5. The second-order valence-corrected chi connectivity index (χ2v) is 5.83. The average Bonchev–Trinajstić information content (AvgIpc) is 2.55. The van der Waals surface area contributed by atoms with Crippen LogP contribution in [0.3, 0.4) is 0 Å². The van der Waals surface area contributed by atoms with Gasteiger partial charge in [0.2, 0.25) is 5.91 Å². The molecular formula is C17H26N2O3. The summed E-state index contributed by atoms with van der Waals surface area (Å²) in [5.41, 5.74) is 1.07. The molecule has 22 heavy (non-hydrogen) atoms. The van der Waals surface area contributed by atoms with E-state index in [4.69, 9.17) is 9.47 Å². The van der Waals surface area contributed by atoms with Crippen molar-refractivity contribution in [3.8, 4) is 11.5 Å². The Morgan fingerprint density at radius 3 is 2.59 bits per heavy atom. The van der Waals surface area contributed by atoms with Crippen LogP contribution in [0.5, 0.6) is 11.5 Å². The first-order valence-electron chi connectivity index (χ1n) is 7.86. The average molecular weight is 306 g/mol. The number of piperidine rings is 1. The van der Waals surface area contributed by atoms with Crippen LogP contribution in [0.15, 0.2) is 18.2 Å². The number of benzene rings is 1. The molecule has 0 aromatic heterocycles. The topological polar surface area (TPSA) is 59.6 Å². The zero-order valence-corrected chi connectivity index (χ0v) is 13.6. The predicted octanol–water partition coefficient (Wildman–Crippen LogP) is 1.75. The standard InChI is InChI=1S/C17H26N2O3/c1-12(17(20)19-14-6-8-18-9-7-14)10-13-4-5-15(21-2)16(11-13)22-3/h4-5,11-12,14,18H,6-10H2,1-3H3,(H,19,20). The van der Waals surface area contributed by atoms with Gasteiger partial charge in [0.1, 0.15) is 0 Å². The summed E-state index contributed by atoms with van der Waals surface area (Å²) in [4.78, 5) is 12.3. The lowest BCUT2D eigenvalue weighted by atomic mass is 9.98. The number of amides is 1. The Morgan fingerprint density at radius 1 is 1.27 bits per heavy atom. The number of hydrogen-bond donors (Lipinski definition) is 2. The van der Waals surface area contributed by atoms with Gasteiger partial charge in [0.05, 0.1) is 14.2 Å². The molecule has 0 aliphatic carbocycles. The number of rotatable bonds is 6. The Hall–Kier alpha value is -1.75. The van der Waals surface area contributed by atoms with Gasteiger partial charge >= 0.3 is 0 Å². The lowest BCUT2D eigenvalue weighted by molar-refractivity contribution is -0.125. The van der Waals surface area contributed by atoms with Crippen molar-refractivity contribution in [3.63, 3.8) is 0 Å². The highest BCUT2D eigenvalue weighted by Crippen LogP contribution is 2.28. The molecule has 0 spiro atoms. The first kappa shape index (κ1) is 16.6. The molecule has 5 heteroatoms. The molecule has 1 unspecified atom stereocenters. The predicted molar refractivity (Wildman–Crippen MR) is 86.4 cm³/mol. The molecule has 1 aromatic carbocycles. The maximum absolute atomic E-state index is 12.3. The van der Waals surface area contributed by atoms with Crippen molar-refractivity contribution in [1.82, 2.24) is 10.6 Å². The van der Waals surface area contributed by atoms with Gasteiger partial charge in [-0.15, -0.1) is 0 Å². The van der Waals surface area contributed by atoms with E-state index in [9.17, 15) is 4.79 Å². The van der Waals surface area contributed by atoms with Crippen LogP contribution in [0.2, 0.25) is 0 Å². The molecule has 0 radical (unpaired) electrons. The van der Waals surface area contributed by atoms with Crippen molar-refractivity contribution < 1.29 is 14.3 Å². The van der Waals surface area contributed by atoms with Gasteiger partial charge in [-0.3, -0.25) is 4.79 Å². The highest BCUT2D eigenvalue weighted by molar-refractivity contribution is 5.79. The summed E-state index contributed by atoms with van der Waals surface area (Å²) in [7, 11) is 3.24. The van der Waals surface area contributed by atoms with Crippen LogP contribution in [-0.2, 0) is 11.2 Å². The van der Waals surface area contributed by atoms with Crippen LogP contribution in [0.4, 0.5) is 0 Å². The van der Waals surface area contributed by atoms with E-state index < -0.39 is 0 Å². The Balaban J connectivity index is 1.92. The molecule has 2 rings (SSSR count). The fourth-order valence-corrected chi connectivity index (χ4v) is 2.76. The molecule has 122 valence electrons. The van der Waals surface area contributed by atoms with E-state index in [-0.39, 0.29) is 11.8 Å². The molecule has 1 aliphatic rings. The third-order valence-electron chi connectivity index (χ3n) is 4.12. The zero-order valence-electron chi connectivity index (χ0n) is 13.6. The normalized spacial score (nSPS) is 16.9. The number of carbonyl (C=O) groups excluding carboxylic acids is 1. The molecule has 1 amide bonds. The quantitative estimate of drug-likeness (QED) is 0.840. The Bertz CT molecular complexity index is 499. The van der Waals surface area contributed by atoms with Gasteiger partial charge in [-0.05, 0) is 50.0 Å². The van der Waals surface area contributed by atoms with Gasteiger partial charge in [0.15, 0.2) is 11.5 Å². The van der Waals surface area contributed by atoms with Crippen molar-refractivity contribution in [1.29, 1.82) is 0 Å². The van der Waals surface area contributed by atoms with Crippen molar-refractivity contribution in [3.05, 3.63) is 23.8 Å². The minimum atomic E-state index is -0.0620. The molecule has 1 atom stereocenters. The van der Waals surface area contributed by atoms with E-state index in [1.807, 2.05) is 25.1 Å². The third kappa shape index (κ3) is 4.37. The monoisotopic (exact) mass is 306 g/mol. The molecule has 1 heterocycles. The smallest absolute Gasteiger partial charge is 0.223 e. The van der Waals surface area contributed by atoms with Crippen molar-refractivity contribution in [2.75, 3.05) is 27.3 Å². The van der Waals surface area contributed by atoms with Crippen molar-refractivity contribution >= 4 is 5.91 Å². The first-order chi connectivity index (χ1) is 10.6. The van der Waals surface area contributed by atoms with E-state index in [1.54, 1.807) is 14.2 Å². The first-order valence-corrected chi connectivity index (χ1v) is 7.86. The Morgan fingerprint density at radius 2 is 1.95 bits per heavy atom. The third-order valence-corrected chi connectivity index (χ3v) is 4.12. The van der Waals surface area contributed by atoms with Gasteiger partial charge in [0.25, 0.3) is 0 Å². The molecule has 2 N–H and O–H groups in total. The fourth-order valence-electron chi connectivity index (χ4n) is 2.76. The van der Waals surface area contributed by atoms with Crippen LogP contribution in [-0.4, -0.2) is 39.3 Å². The Kier molecular flexibility index (Phi) is 6.07. The largest absolute Gasteiger partial charge is 0.493 e. The van der Waals surface area contributed by atoms with Crippen LogP contribution in [0.1, 0.15) is 25.3 Å². The minimum Gasteiger partial charge on any atom is -0.493 e. The van der Waals surface area contributed by atoms with Crippen molar-refractivity contribution in [2.24, 2.45) is 5.92 Å². The molecule has 0 bridgehead atoms. The highest BCUT2D eigenvalue weighted by Gasteiger charge is 2.20. The lowest BCUT2D eigenvalue weighted by Crippen LogP contribution is -2.44. The van der Waals surface area contributed by atoms with E-state index in [0.29, 0.717) is 24.0 Å². The number of methoxy groups -OCH3 is 2. The van der Waals surface area contributed by atoms with E-state index in [0.717, 1.165) is 31.5 Å². The van der Waals surface area contributed by atoms with Crippen LogP contribution in [0, 0.1) is 5.92 Å². The summed E-state index contributed by atoms with van der Waals surface area (Å²) in [6.07, 6.45) is 2.71. The van der Waals surface area contributed by atoms with E-state index in [1.165, 1.54) is 0 Å². The maximum Gasteiger partial charge on any atom is 0.223 e. The van der Waals surface area contributed by atoms with Crippen molar-refractivity contribution in [2.45, 2.75) is 32.2 Å². The van der Waals surface area contributed by atoms with Crippen LogP contribution in [0.25, 0.3) is 0 Å². The summed E-state index contributed by atoms with van der Waals surface area (Å²) in [6, 6.07) is 6.11. The highest BCUT2D eigenvalue weighted by atomic mass is 16.5. The summed E-state index contributed by atoms with van der Waals surface area (Å²) >= 11 is 0.